The van der Waals surface area contributed by atoms with Crippen LogP contribution >= 0.6 is 0 Å². The summed E-state index contributed by atoms with van der Waals surface area (Å²) in [6, 6.07) is -2.24. The molecule has 5 N–H and O–H groups in total. The second kappa shape index (κ2) is 6.60. The number of rotatable bonds is 4. The van der Waals surface area contributed by atoms with E-state index < -0.39 is 67.6 Å². The van der Waals surface area contributed by atoms with Gasteiger partial charge in [0.05, 0.1) is 13.7 Å². The molecular formula is C13H17N5O8. The maximum absolute atomic E-state index is 12.8. The van der Waals surface area contributed by atoms with Crippen molar-refractivity contribution in [1.82, 2.24) is 15.1 Å². The van der Waals surface area contributed by atoms with Gasteiger partial charge in [-0.3, -0.25) is 25.2 Å². The third-order valence-electron chi connectivity index (χ3n) is 4.27. The van der Waals surface area contributed by atoms with E-state index in [0.717, 1.165) is 16.9 Å². The van der Waals surface area contributed by atoms with Crippen LogP contribution in [0.2, 0.25) is 0 Å². The van der Waals surface area contributed by atoms with E-state index in [0.29, 0.717) is 0 Å². The number of hydrogen-bond donors (Lipinski definition) is 5. The summed E-state index contributed by atoms with van der Waals surface area (Å²) in [5, 5.41) is 39.0. The van der Waals surface area contributed by atoms with Gasteiger partial charge in [0.1, 0.15) is 24.9 Å². The number of carbonyl (C=O) groups is 3. The van der Waals surface area contributed by atoms with Crippen molar-refractivity contribution in [2.45, 2.75) is 30.6 Å². The molecule has 0 radical (unpaired) electrons. The molecule has 3 aliphatic heterocycles. The zero-order valence-corrected chi connectivity index (χ0v) is 13.5. The molecule has 0 spiro atoms. The lowest BCUT2D eigenvalue weighted by molar-refractivity contribution is -0.141. The standard InChI is InChI=1S/C13H17N5O8/c1-25-5(20)2-17-6-9(15-12(14)16-10(6)23)18(13(17)24)11-8(22)7(21)4(3-19)26-11/h4,6-8,11,19,21-22H,2-3H2,1H3,(H2,14,16,23)/t4-,6?,7+,8-,11-/m1/s1. The van der Waals surface area contributed by atoms with Crippen LogP contribution in [0.15, 0.2) is 4.99 Å². The van der Waals surface area contributed by atoms with Gasteiger partial charge in [0.25, 0.3) is 5.91 Å². The number of fused-ring (bicyclic) bond motifs is 1. The number of nitrogens with one attached hydrogen (secondary N) is 2. The lowest BCUT2D eigenvalue weighted by Gasteiger charge is -2.26. The molecule has 3 rings (SSSR count). The number of urea groups is 1. The molecular weight excluding hydrogens is 354 g/mol. The van der Waals surface area contributed by atoms with Gasteiger partial charge in [-0.2, -0.15) is 4.99 Å². The Balaban J connectivity index is 1.99. The maximum Gasteiger partial charge on any atom is 0.329 e. The van der Waals surface area contributed by atoms with Crippen molar-refractivity contribution in [1.29, 1.82) is 5.41 Å². The van der Waals surface area contributed by atoms with Gasteiger partial charge in [0.2, 0.25) is 5.96 Å². The zero-order chi connectivity index (χ0) is 19.2. The molecule has 0 aliphatic carbocycles. The number of amidine groups is 1. The van der Waals surface area contributed by atoms with E-state index in [1.54, 1.807) is 0 Å². The van der Waals surface area contributed by atoms with E-state index >= 15 is 0 Å². The molecule has 1 unspecified atom stereocenters. The summed E-state index contributed by atoms with van der Waals surface area (Å²) < 4.78 is 9.83. The minimum Gasteiger partial charge on any atom is -0.468 e. The maximum atomic E-state index is 12.8. The minimum absolute atomic E-state index is 0.234. The van der Waals surface area contributed by atoms with Gasteiger partial charge < -0.3 is 24.8 Å². The summed E-state index contributed by atoms with van der Waals surface area (Å²) in [5.74, 6) is -2.34. The molecule has 0 bridgehead atoms. The van der Waals surface area contributed by atoms with Crippen LogP contribution in [0, 0.1) is 5.41 Å². The Morgan fingerprint density at radius 1 is 1.38 bits per heavy atom. The number of carbonyl (C=O) groups excluding carboxylic acids is 3. The van der Waals surface area contributed by atoms with Crippen LogP contribution in [-0.4, -0.2) is 106 Å². The Hall–Kier alpha value is -2.61. The minimum atomic E-state index is -1.60. The molecule has 5 atom stereocenters. The molecule has 3 heterocycles. The van der Waals surface area contributed by atoms with Gasteiger partial charge in [0.15, 0.2) is 18.1 Å². The van der Waals surface area contributed by atoms with Gasteiger partial charge in [-0.1, -0.05) is 0 Å². The van der Waals surface area contributed by atoms with Crippen LogP contribution < -0.4 is 5.32 Å². The number of aliphatic hydroxyl groups excluding tert-OH is 3. The number of aliphatic imine (C=N–C) groups is 1. The summed E-state index contributed by atoms with van der Waals surface area (Å²) in [4.78, 5) is 42.1. The highest BCUT2D eigenvalue weighted by molar-refractivity contribution is 6.26. The van der Waals surface area contributed by atoms with Crippen molar-refractivity contribution in [3.8, 4) is 0 Å². The van der Waals surface area contributed by atoms with Crippen molar-refractivity contribution < 1.29 is 39.2 Å². The Labute approximate surface area is 146 Å². The van der Waals surface area contributed by atoms with Gasteiger partial charge in [0, 0.05) is 0 Å². The van der Waals surface area contributed by atoms with E-state index in [1.807, 2.05) is 0 Å². The van der Waals surface area contributed by atoms with Crippen LogP contribution in [0.3, 0.4) is 0 Å². The monoisotopic (exact) mass is 371 g/mol. The average Bonchev–Trinajstić information content (AvgIpc) is 3.02. The number of aliphatic hydroxyl groups is 3. The number of ether oxygens (including phenoxy) is 2. The molecule has 0 saturated carbocycles. The third-order valence-corrected chi connectivity index (χ3v) is 4.27. The topological polar surface area (TPSA) is 185 Å². The molecule has 0 aromatic carbocycles. The summed E-state index contributed by atoms with van der Waals surface area (Å²) in [5.41, 5.74) is 0. The number of esters is 1. The van der Waals surface area contributed by atoms with Crippen LogP contribution in [0.1, 0.15) is 0 Å². The lowest BCUT2D eigenvalue weighted by Crippen LogP contribution is -2.54. The van der Waals surface area contributed by atoms with Gasteiger partial charge in [-0.15, -0.1) is 0 Å². The SMILES string of the molecule is COC(=O)CN1C(=O)N([C@@H]2O[C@H](CO)[C@H](O)[C@H]2O)C2=NC(=N)NC(=O)C21. The fraction of sp³-hybridized carbons (Fsp3) is 0.615. The Kier molecular flexibility index (Phi) is 4.62. The van der Waals surface area contributed by atoms with Crippen molar-refractivity contribution in [3.05, 3.63) is 0 Å². The molecule has 2 fully saturated rings. The van der Waals surface area contributed by atoms with Gasteiger partial charge in [-0.25, -0.2) is 9.69 Å². The average molecular weight is 371 g/mol. The lowest BCUT2D eigenvalue weighted by atomic mass is 10.1. The molecule has 0 aromatic heterocycles. The van der Waals surface area contributed by atoms with Crippen molar-refractivity contribution >= 4 is 29.7 Å². The molecule has 3 amide bonds. The molecule has 13 nitrogen and oxygen atoms in total. The number of methoxy groups -OCH3 is 1. The predicted molar refractivity (Wildman–Crippen MR) is 80.8 cm³/mol. The first-order chi connectivity index (χ1) is 12.3. The van der Waals surface area contributed by atoms with Crippen LogP contribution in [0.4, 0.5) is 4.79 Å². The van der Waals surface area contributed by atoms with E-state index in [4.69, 9.17) is 10.1 Å². The molecule has 26 heavy (non-hydrogen) atoms. The molecule has 0 aromatic rings. The Bertz CT molecular complexity index is 696. The van der Waals surface area contributed by atoms with Gasteiger partial charge in [-0.05, 0) is 0 Å². The first-order valence-corrected chi connectivity index (χ1v) is 7.57. The second-order valence-corrected chi connectivity index (χ2v) is 5.80. The number of hydrogen-bond acceptors (Lipinski definition) is 9. The van der Waals surface area contributed by atoms with E-state index in [-0.39, 0.29) is 5.84 Å². The third kappa shape index (κ3) is 2.70. The fourth-order valence-corrected chi connectivity index (χ4v) is 3.01. The largest absolute Gasteiger partial charge is 0.468 e. The normalized spacial score (nSPS) is 33.9. The first kappa shape index (κ1) is 18.2. The van der Waals surface area contributed by atoms with E-state index in [2.05, 4.69) is 15.0 Å². The van der Waals surface area contributed by atoms with Crippen molar-refractivity contribution in [3.63, 3.8) is 0 Å². The smallest absolute Gasteiger partial charge is 0.329 e. The van der Waals surface area contributed by atoms with Crippen LogP contribution in [-0.2, 0) is 19.1 Å². The number of guanidine groups is 1. The fourth-order valence-electron chi connectivity index (χ4n) is 3.01. The number of nitrogens with zero attached hydrogens (tertiary/aromatic N) is 3. The van der Waals surface area contributed by atoms with Gasteiger partial charge >= 0.3 is 12.0 Å². The Morgan fingerprint density at radius 2 is 2.08 bits per heavy atom. The van der Waals surface area contributed by atoms with E-state index in [1.165, 1.54) is 0 Å². The molecule has 142 valence electrons. The molecule has 2 saturated heterocycles. The quantitative estimate of drug-likeness (QED) is 0.311. The molecule has 3 aliphatic rings. The van der Waals surface area contributed by atoms with E-state index in [9.17, 15) is 29.7 Å². The van der Waals surface area contributed by atoms with Crippen LogP contribution in [0.25, 0.3) is 0 Å². The zero-order valence-electron chi connectivity index (χ0n) is 13.5. The summed E-state index contributed by atoms with van der Waals surface area (Å²) >= 11 is 0. The first-order valence-electron chi connectivity index (χ1n) is 7.57. The second-order valence-electron chi connectivity index (χ2n) is 5.80. The highest BCUT2D eigenvalue weighted by atomic mass is 16.6. The highest BCUT2D eigenvalue weighted by Crippen LogP contribution is 2.31. The summed E-state index contributed by atoms with van der Waals surface area (Å²) in [6.07, 6.45) is -5.70. The predicted octanol–water partition coefficient (Wildman–Crippen LogP) is -3.83. The number of amides is 3. The van der Waals surface area contributed by atoms with Crippen molar-refractivity contribution in [2.75, 3.05) is 20.3 Å². The summed E-state index contributed by atoms with van der Waals surface area (Å²) in [6.45, 7) is -1.19. The van der Waals surface area contributed by atoms with Crippen molar-refractivity contribution in [2.24, 2.45) is 4.99 Å². The molecule has 13 heteroatoms. The summed E-state index contributed by atoms with van der Waals surface area (Å²) in [7, 11) is 1.11. The highest BCUT2D eigenvalue weighted by Gasteiger charge is 2.57. The Morgan fingerprint density at radius 3 is 2.65 bits per heavy atom. The van der Waals surface area contributed by atoms with Crippen LogP contribution in [0.5, 0.6) is 0 Å².